The predicted octanol–water partition coefficient (Wildman–Crippen LogP) is 7.07. The summed E-state index contributed by atoms with van der Waals surface area (Å²) in [5.74, 6) is 2.66. The number of aliphatic imine (C=N–C) groups is 1. The van der Waals surface area contributed by atoms with Crippen LogP contribution in [0.4, 0.5) is 0 Å². The Morgan fingerprint density at radius 2 is 1.82 bits per heavy atom. The lowest BCUT2D eigenvalue weighted by Gasteiger charge is -2.47. The highest BCUT2D eigenvalue weighted by Gasteiger charge is 2.46. The zero-order chi connectivity index (χ0) is 39.0. The number of aliphatic hydroxyl groups is 2. The Morgan fingerprint density at radius 3 is 2.55 bits per heavy atom. The van der Waals surface area contributed by atoms with Gasteiger partial charge in [0.25, 0.3) is 0 Å². The maximum absolute atomic E-state index is 11.9. The zero-order valence-electron chi connectivity index (χ0n) is 32.7. The monoisotopic (exact) mass is 753 g/mol. The van der Waals surface area contributed by atoms with Crippen LogP contribution in [-0.2, 0) is 19.3 Å². The second kappa shape index (κ2) is 16.4. The van der Waals surface area contributed by atoms with Gasteiger partial charge in [-0.2, -0.15) is 0 Å². The van der Waals surface area contributed by atoms with Gasteiger partial charge in [-0.15, -0.1) is 0 Å². The third kappa shape index (κ3) is 7.72. The minimum absolute atomic E-state index is 0.00174. The average molecular weight is 754 g/mol. The topological polar surface area (TPSA) is 173 Å². The number of fused-ring (bicyclic) bond motifs is 7. The summed E-state index contributed by atoms with van der Waals surface area (Å²) in [6, 6.07) is 11.2. The number of ether oxygens (including phenoxy) is 3. The van der Waals surface area contributed by atoms with E-state index in [-0.39, 0.29) is 54.0 Å². The Morgan fingerprint density at radius 1 is 1.00 bits per heavy atom. The molecule has 3 aromatic carbocycles. The highest BCUT2D eigenvalue weighted by atomic mass is 16.5. The van der Waals surface area contributed by atoms with Gasteiger partial charge in [-0.25, -0.2) is 0 Å². The molecule has 296 valence electrons. The number of nitrogens with two attached hydrogens (primary N) is 2. The van der Waals surface area contributed by atoms with E-state index < -0.39 is 12.2 Å². The molecular formula is C45H59N3O7. The summed E-state index contributed by atoms with van der Waals surface area (Å²) >= 11 is 0. The fourth-order valence-corrected chi connectivity index (χ4v) is 9.91. The van der Waals surface area contributed by atoms with Crippen molar-refractivity contribution in [1.82, 2.24) is 0 Å². The number of benzene rings is 3. The first kappa shape index (κ1) is 38.8. The molecule has 8 atom stereocenters. The lowest BCUT2D eigenvalue weighted by molar-refractivity contribution is -0.0260. The van der Waals surface area contributed by atoms with Gasteiger partial charge in [0.1, 0.15) is 29.5 Å². The highest BCUT2D eigenvalue weighted by Crippen LogP contribution is 2.54. The second-order valence-corrected chi connectivity index (χ2v) is 16.7. The molecule has 0 amide bonds. The molecule has 1 fully saturated rings. The first-order valence-electron chi connectivity index (χ1n) is 20.3. The van der Waals surface area contributed by atoms with Crippen molar-refractivity contribution in [3.05, 3.63) is 76.4 Å². The zero-order valence-corrected chi connectivity index (χ0v) is 32.7. The number of nitrogens with zero attached hydrogens (tertiary/aromatic N) is 1. The van der Waals surface area contributed by atoms with E-state index in [1.807, 2.05) is 12.1 Å². The third-order valence-electron chi connectivity index (χ3n) is 12.5. The first-order chi connectivity index (χ1) is 26.5. The number of hydrogen-bond acceptors (Lipinski definition) is 8. The van der Waals surface area contributed by atoms with Crippen LogP contribution >= 0.6 is 0 Å². The molecule has 7 rings (SSSR count). The summed E-state index contributed by atoms with van der Waals surface area (Å²) in [5.41, 5.74) is 18.4. The van der Waals surface area contributed by atoms with E-state index in [4.69, 9.17) is 25.7 Å². The van der Waals surface area contributed by atoms with Gasteiger partial charge in [-0.3, -0.25) is 4.99 Å². The minimum atomic E-state index is -0.865. The van der Waals surface area contributed by atoms with Crippen LogP contribution in [0.1, 0.15) is 99.1 Å². The molecule has 3 aromatic rings. The quantitative estimate of drug-likeness (QED) is 0.0462. The van der Waals surface area contributed by atoms with Gasteiger partial charge in [0.2, 0.25) is 0 Å². The molecule has 10 nitrogen and oxygen atoms in total. The molecule has 0 spiro atoms. The van der Waals surface area contributed by atoms with Crippen molar-refractivity contribution in [3.63, 3.8) is 0 Å². The lowest BCUT2D eigenvalue weighted by atomic mass is 9.63. The van der Waals surface area contributed by atoms with Crippen LogP contribution in [0.3, 0.4) is 0 Å². The number of rotatable bonds is 13. The Labute approximate surface area is 325 Å². The van der Waals surface area contributed by atoms with Crippen LogP contribution in [0.5, 0.6) is 28.7 Å². The van der Waals surface area contributed by atoms with E-state index in [2.05, 4.69) is 44.0 Å². The largest absolute Gasteiger partial charge is 0.508 e. The van der Waals surface area contributed by atoms with Crippen molar-refractivity contribution in [3.8, 4) is 39.9 Å². The van der Waals surface area contributed by atoms with Crippen molar-refractivity contribution in [2.75, 3.05) is 20.3 Å². The molecule has 1 heterocycles. The molecule has 55 heavy (non-hydrogen) atoms. The molecule has 8 N–H and O–H groups in total. The number of guanidine groups is 1. The normalized spacial score (nSPS) is 26.4. The van der Waals surface area contributed by atoms with Gasteiger partial charge in [0.05, 0.1) is 13.2 Å². The van der Waals surface area contributed by atoms with Gasteiger partial charge in [-0.1, -0.05) is 58.3 Å². The first-order valence-corrected chi connectivity index (χ1v) is 20.3. The van der Waals surface area contributed by atoms with Crippen LogP contribution in [0, 0.1) is 29.6 Å². The van der Waals surface area contributed by atoms with E-state index in [1.54, 1.807) is 25.3 Å². The van der Waals surface area contributed by atoms with Crippen molar-refractivity contribution in [2.45, 2.75) is 103 Å². The lowest BCUT2D eigenvalue weighted by Crippen LogP contribution is -2.49. The van der Waals surface area contributed by atoms with Crippen molar-refractivity contribution < 1.29 is 34.6 Å². The Hall–Kier alpha value is -4.41. The van der Waals surface area contributed by atoms with Gasteiger partial charge >= 0.3 is 0 Å². The molecule has 1 aliphatic heterocycles. The maximum Gasteiger partial charge on any atom is 0.185 e. The smallest absolute Gasteiger partial charge is 0.185 e. The summed E-state index contributed by atoms with van der Waals surface area (Å²) in [4.78, 5) is 4.29. The van der Waals surface area contributed by atoms with Crippen LogP contribution in [-0.4, -0.2) is 58.9 Å². The fraction of sp³-hybridized carbons (Fsp3) is 0.533. The molecule has 0 aromatic heterocycles. The second-order valence-electron chi connectivity index (χ2n) is 16.7. The molecule has 3 aliphatic carbocycles. The van der Waals surface area contributed by atoms with E-state index in [0.717, 1.165) is 79.2 Å². The maximum atomic E-state index is 11.9. The summed E-state index contributed by atoms with van der Waals surface area (Å²) in [5, 5.41) is 44.5. The molecule has 10 heteroatoms. The summed E-state index contributed by atoms with van der Waals surface area (Å²) in [7, 11) is 1.69. The third-order valence-corrected chi connectivity index (χ3v) is 12.5. The van der Waals surface area contributed by atoms with E-state index in [9.17, 15) is 20.4 Å². The Bertz CT molecular complexity index is 1920. The Kier molecular flexibility index (Phi) is 11.6. The highest BCUT2D eigenvalue weighted by molar-refractivity contribution is 5.83. The van der Waals surface area contributed by atoms with E-state index in [0.29, 0.717) is 47.4 Å². The number of unbranched alkanes of at least 4 members (excludes halogenated alkanes) is 2. The van der Waals surface area contributed by atoms with Gasteiger partial charge < -0.3 is 46.1 Å². The average Bonchev–Trinajstić information content (AvgIpc) is 3.15. The fourth-order valence-electron chi connectivity index (χ4n) is 9.91. The molecule has 0 radical (unpaired) electrons. The summed E-state index contributed by atoms with van der Waals surface area (Å²) in [6.07, 6.45) is 10.4. The number of methoxy groups -OCH3 is 1. The van der Waals surface area contributed by atoms with Gasteiger partial charge in [0, 0.05) is 54.5 Å². The molecule has 0 saturated heterocycles. The molecule has 8 unspecified atom stereocenters. The molecular weight excluding hydrogens is 695 g/mol. The number of aliphatic hydroxyl groups excluding tert-OH is 2. The number of phenolic OH excluding ortho intramolecular Hbond substituents is 2. The molecule has 2 bridgehead atoms. The SMILES string of the molecule is CCCCCC1Cc2cc(O)c(CC(C)C)cc2-c2c(OC)cc3c(c21)CC(O)C(c1ccc(O)c(OC2C4C=CC(CN=C(N)N)C2C(CO)CC4)c1)O3. The van der Waals surface area contributed by atoms with Crippen molar-refractivity contribution in [2.24, 2.45) is 46.0 Å². The van der Waals surface area contributed by atoms with Crippen LogP contribution in [0.25, 0.3) is 11.1 Å². The van der Waals surface area contributed by atoms with Crippen LogP contribution < -0.4 is 25.7 Å². The summed E-state index contributed by atoms with van der Waals surface area (Å²) in [6.45, 7) is 6.94. The van der Waals surface area contributed by atoms with E-state index >= 15 is 0 Å². The van der Waals surface area contributed by atoms with Gasteiger partial charge in [-0.05, 0) is 102 Å². The van der Waals surface area contributed by atoms with Crippen molar-refractivity contribution in [1.29, 1.82) is 0 Å². The minimum Gasteiger partial charge on any atom is -0.508 e. The van der Waals surface area contributed by atoms with Crippen LogP contribution in [0.15, 0.2) is 53.5 Å². The number of aromatic hydroxyl groups is 2. The number of hydrogen-bond donors (Lipinski definition) is 6. The molecule has 4 aliphatic rings. The Balaban J connectivity index is 1.23. The van der Waals surface area contributed by atoms with Gasteiger partial charge in [0.15, 0.2) is 17.5 Å². The van der Waals surface area contributed by atoms with Crippen LogP contribution in [0.2, 0.25) is 0 Å². The van der Waals surface area contributed by atoms with Crippen molar-refractivity contribution >= 4 is 5.96 Å². The standard InChI is InChI=1S/C45H59N3O7/c1-5-6-7-8-26-16-30-18-35(51)31(15-24(2)3)17-32(30)42-39(53-4)21-37-33(41(26)42)20-36(52)43(54-37)27-13-14-34(50)38(19-27)55-44-25-9-11-28(22-48-45(46)47)40(44)29(23-49)12-10-25/h9,11,13-14,17-19,21,24-26,28-29,36,40,43-44,49-52H,5-8,10,12,15-16,20,22-23H2,1-4H3,(H4,46,47,48). The predicted molar refractivity (Wildman–Crippen MR) is 215 cm³/mol. The van der Waals surface area contributed by atoms with E-state index in [1.165, 1.54) is 5.56 Å². The number of phenols is 2. The summed E-state index contributed by atoms with van der Waals surface area (Å²) < 4.78 is 19.6. The molecule has 1 saturated carbocycles.